The van der Waals surface area contributed by atoms with Crippen LogP contribution in [0.1, 0.15) is 37.9 Å². The van der Waals surface area contributed by atoms with Crippen LogP contribution in [-0.2, 0) is 0 Å². The molecule has 0 heterocycles. The molecule has 1 N–H and O–H groups in total. The van der Waals surface area contributed by atoms with Crippen LogP contribution in [0.25, 0.3) is 0 Å². The third-order valence-electron chi connectivity index (χ3n) is 3.61. The summed E-state index contributed by atoms with van der Waals surface area (Å²) >= 11 is 0. The van der Waals surface area contributed by atoms with E-state index in [1.54, 1.807) is 13.0 Å². The van der Waals surface area contributed by atoms with Gasteiger partial charge in [0.15, 0.2) is 0 Å². The number of nitrogens with zero attached hydrogens (tertiary/aromatic N) is 1. The summed E-state index contributed by atoms with van der Waals surface area (Å²) in [6.07, 6.45) is 3.26. The van der Waals surface area contributed by atoms with Gasteiger partial charge in [-0.15, -0.1) is 0 Å². The maximum absolute atomic E-state index is 13.2. The number of rotatable bonds is 4. The fourth-order valence-electron chi connectivity index (χ4n) is 2.37. The molecule has 0 radical (unpaired) electrons. The molecule has 1 fully saturated rings. The molecule has 1 atom stereocenters. The minimum absolute atomic E-state index is 0.290. The Morgan fingerprint density at radius 2 is 2.18 bits per heavy atom. The van der Waals surface area contributed by atoms with Crippen LogP contribution in [0.2, 0.25) is 0 Å². The van der Waals surface area contributed by atoms with Gasteiger partial charge in [-0.2, -0.15) is 0 Å². The minimum Gasteiger partial charge on any atom is -0.389 e. The van der Waals surface area contributed by atoms with E-state index >= 15 is 0 Å². The predicted octanol–water partition coefficient (Wildman–Crippen LogP) is 3.12. The van der Waals surface area contributed by atoms with Crippen LogP contribution >= 0.6 is 0 Å². The molecule has 1 aromatic carbocycles. The van der Waals surface area contributed by atoms with E-state index in [4.69, 9.17) is 0 Å². The van der Waals surface area contributed by atoms with E-state index in [-0.39, 0.29) is 5.82 Å². The van der Waals surface area contributed by atoms with Gasteiger partial charge in [0.1, 0.15) is 5.82 Å². The van der Waals surface area contributed by atoms with Crippen molar-refractivity contribution < 1.29 is 9.50 Å². The lowest BCUT2D eigenvalue weighted by molar-refractivity contribution is 0.199. The standard InChI is InChI=1S/C14H20FNO/c1-10(17)13-8-12(15)6-7-14(13)16(2)9-11-4-3-5-11/h6-8,10-11,17H,3-5,9H2,1-2H3/t10-/m0/s1. The first-order valence-corrected chi connectivity index (χ1v) is 6.26. The summed E-state index contributed by atoms with van der Waals surface area (Å²) in [6, 6.07) is 4.64. The van der Waals surface area contributed by atoms with Crippen molar-refractivity contribution in [2.24, 2.45) is 5.92 Å². The average Bonchev–Trinajstić information content (AvgIpc) is 2.23. The zero-order valence-corrected chi connectivity index (χ0v) is 10.5. The second-order valence-corrected chi connectivity index (χ2v) is 5.06. The summed E-state index contributed by atoms with van der Waals surface area (Å²) in [5, 5.41) is 9.69. The molecular formula is C14H20FNO. The van der Waals surface area contributed by atoms with Crippen molar-refractivity contribution in [1.29, 1.82) is 0 Å². The lowest BCUT2D eigenvalue weighted by atomic mass is 9.85. The molecular weight excluding hydrogens is 217 g/mol. The molecule has 0 aromatic heterocycles. The molecule has 1 aromatic rings. The van der Waals surface area contributed by atoms with Gasteiger partial charge in [-0.25, -0.2) is 4.39 Å². The van der Waals surface area contributed by atoms with Gasteiger partial charge in [0, 0.05) is 24.8 Å². The van der Waals surface area contributed by atoms with Crippen LogP contribution in [0.4, 0.5) is 10.1 Å². The number of aliphatic hydroxyl groups is 1. The van der Waals surface area contributed by atoms with Gasteiger partial charge in [0.2, 0.25) is 0 Å². The molecule has 0 aliphatic heterocycles. The number of halogens is 1. The highest BCUT2D eigenvalue weighted by molar-refractivity contribution is 5.54. The van der Waals surface area contributed by atoms with Crippen molar-refractivity contribution in [2.75, 3.05) is 18.5 Å². The lowest BCUT2D eigenvalue weighted by Crippen LogP contribution is -2.30. The average molecular weight is 237 g/mol. The zero-order valence-electron chi connectivity index (χ0n) is 10.5. The van der Waals surface area contributed by atoms with E-state index in [0.29, 0.717) is 5.56 Å². The van der Waals surface area contributed by atoms with Gasteiger partial charge < -0.3 is 10.0 Å². The van der Waals surface area contributed by atoms with Crippen LogP contribution in [0, 0.1) is 11.7 Å². The number of hydrogen-bond donors (Lipinski definition) is 1. The third kappa shape index (κ3) is 2.78. The minimum atomic E-state index is -0.635. The Kier molecular flexibility index (Phi) is 3.67. The quantitative estimate of drug-likeness (QED) is 0.869. The monoisotopic (exact) mass is 237 g/mol. The lowest BCUT2D eigenvalue weighted by Gasteiger charge is -2.32. The number of benzene rings is 1. The van der Waals surface area contributed by atoms with E-state index in [1.807, 2.05) is 7.05 Å². The van der Waals surface area contributed by atoms with E-state index in [0.717, 1.165) is 18.2 Å². The second kappa shape index (κ2) is 5.05. The summed E-state index contributed by atoms with van der Waals surface area (Å²) in [6.45, 7) is 2.67. The number of anilines is 1. The highest BCUT2D eigenvalue weighted by Gasteiger charge is 2.21. The molecule has 2 rings (SSSR count). The van der Waals surface area contributed by atoms with Crippen molar-refractivity contribution in [3.63, 3.8) is 0 Å². The summed E-state index contributed by atoms with van der Waals surface area (Å²) in [5.41, 5.74) is 1.61. The molecule has 2 nitrogen and oxygen atoms in total. The Hall–Kier alpha value is -1.09. The van der Waals surface area contributed by atoms with Gasteiger partial charge in [-0.1, -0.05) is 6.42 Å². The van der Waals surface area contributed by atoms with Gasteiger partial charge in [-0.05, 0) is 43.9 Å². The summed E-state index contributed by atoms with van der Waals surface area (Å²) in [5.74, 6) is 0.466. The van der Waals surface area contributed by atoms with Gasteiger partial charge in [-0.3, -0.25) is 0 Å². The van der Waals surface area contributed by atoms with Crippen LogP contribution in [0.15, 0.2) is 18.2 Å². The maximum atomic E-state index is 13.2. The Balaban J connectivity index is 2.17. The number of aliphatic hydroxyl groups excluding tert-OH is 1. The summed E-state index contributed by atoms with van der Waals surface area (Å²) in [7, 11) is 2.01. The van der Waals surface area contributed by atoms with Crippen molar-refractivity contribution in [2.45, 2.75) is 32.3 Å². The Labute approximate surface area is 102 Å². The fourth-order valence-corrected chi connectivity index (χ4v) is 2.37. The van der Waals surface area contributed by atoms with E-state index in [9.17, 15) is 9.50 Å². The highest BCUT2D eigenvalue weighted by atomic mass is 19.1. The molecule has 17 heavy (non-hydrogen) atoms. The molecule has 0 bridgehead atoms. The molecule has 0 amide bonds. The largest absolute Gasteiger partial charge is 0.389 e. The van der Waals surface area contributed by atoms with Crippen LogP contribution in [-0.4, -0.2) is 18.7 Å². The predicted molar refractivity (Wildman–Crippen MR) is 67.6 cm³/mol. The smallest absolute Gasteiger partial charge is 0.123 e. The Morgan fingerprint density at radius 3 is 2.71 bits per heavy atom. The number of hydrogen-bond acceptors (Lipinski definition) is 2. The van der Waals surface area contributed by atoms with Gasteiger partial charge in [0.25, 0.3) is 0 Å². The molecule has 1 aliphatic carbocycles. The molecule has 0 unspecified atom stereocenters. The first-order chi connectivity index (χ1) is 8.08. The Morgan fingerprint density at radius 1 is 1.47 bits per heavy atom. The molecule has 3 heteroatoms. The van der Waals surface area contributed by atoms with Crippen molar-refractivity contribution in [1.82, 2.24) is 0 Å². The van der Waals surface area contributed by atoms with Crippen molar-refractivity contribution in [3.05, 3.63) is 29.6 Å². The third-order valence-corrected chi connectivity index (χ3v) is 3.61. The van der Waals surface area contributed by atoms with E-state index in [1.165, 1.54) is 31.4 Å². The Bertz CT molecular complexity index is 388. The van der Waals surface area contributed by atoms with Gasteiger partial charge in [0.05, 0.1) is 6.10 Å². The second-order valence-electron chi connectivity index (χ2n) is 5.06. The van der Waals surface area contributed by atoms with Crippen molar-refractivity contribution >= 4 is 5.69 Å². The first kappa shape index (κ1) is 12.4. The molecule has 94 valence electrons. The van der Waals surface area contributed by atoms with Crippen molar-refractivity contribution in [3.8, 4) is 0 Å². The van der Waals surface area contributed by atoms with Crippen LogP contribution < -0.4 is 4.90 Å². The normalized spacial score (nSPS) is 17.6. The van der Waals surface area contributed by atoms with Crippen LogP contribution in [0.5, 0.6) is 0 Å². The molecule has 1 saturated carbocycles. The van der Waals surface area contributed by atoms with Crippen LogP contribution in [0.3, 0.4) is 0 Å². The van der Waals surface area contributed by atoms with E-state index < -0.39 is 6.10 Å². The molecule has 0 saturated heterocycles. The SMILES string of the molecule is C[C@H](O)c1cc(F)ccc1N(C)CC1CCC1. The fraction of sp³-hybridized carbons (Fsp3) is 0.571. The summed E-state index contributed by atoms with van der Waals surface area (Å²) < 4.78 is 13.2. The van der Waals surface area contributed by atoms with Gasteiger partial charge >= 0.3 is 0 Å². The molecule has 1 aliphatic rings. The summed E-state index contributed by atoms with van der Waals surface area (Å²) in [4.78, 5) is 2.13. The maximum Gasteiger partial charge on any atom is 0.123 e. The first-order valence-electron chi connectivity index (χ1n) is 6.26. The zero-order chi connectivity index (χ0) is 12.4. The highest BCUT2D eigenvalue weighted by Crippen LogP contribution is 2.31. The topological polar surface area (TPSA) is 23.5 Å². The van der Waals surface area contributed by atoms with E-state index in [2.05, 4.69) is 4.90 Å². The molecule has 0 spiro atoms.